The first-order valence-electron chi connectivity index (χ1n) is 23.1. The maximum Gasteiger partial charge on any atom is 0.413 e. The Bertz CT molecular complexity index is 2890. The van der Waals surface area contributed by atoms with Crippen LogP contribution >= 0.6 is 34.7 Å². The van der Waals surface area contributed by atoms with E-state index in [1.165, 1.54) is 30.7 Å². The molecule has 3 aromatic carbocycles. The minimum Gasteiger partial charge on any atom is -0.497 e. The molecule has 0 radical (unpaired) electrons. The number of carbonyl (C=O) groups excluding carboxylic acids is 6. The van der Waals surface area contributed by atoms with Crippen molar-refractivity contribution in [3.8, 4) is 5.75 Å². The Morgan fingerprint density at radius 1 is 0.851 bits per heavy atom. The minimum atomic E-state index is -1.40. The highest BCUT2D eigenvalue weighted by Crippen LogP contribution is 2.41. The highest BCUT2D eigenvalue weighted by Gasteiger charge is 2.55. The van der Waals surface area contributed by atoms with E-state index in [2.05, 4.69) is 26.1 Å². The number of nitrogens with one attached hydrogen (secondary N) is 3. The van der Waals surface area contributed by atoms with Crippen LogP contribution in [0.4, 0.5) is 20.4 Å². The summed E-state index contributed by atoms with van der Waals surface area (Å²) in [5.41, 5.74) is 0.712. The highest BCUT2D eigenvalue weighted by atomic mass is 35.5. The van der Waals surface area contributed by atoms with Crippen LogP contribution in [0.5, 0.6) is 5.75 Å². The molecule has 0 spiro atoms. The Kier molecular flexibility index (Phi) is 17.3. The first-order valence-corrected chi connectivity index (χ1v) is 25.4. The molecule has 4 amide bonds. The predicted octanol–water partition coefficient (Wildman–Crippen LogP) is 8.33. The predicted molar refractivity (Wildman–Crippen MR) is 276 cm³/mol. The summed E-state index contributed by atoms with van der Waals surface area (Å²) in [5, 5.41) is 11.1. The first-order chi connectivity index (χ1) is 35.2. The zero-order valence-corrected chi connectivity index (χ0v) is 44.1. The molecule has 1 saturated heterocycles. The van der Waals surface area contributed by atoms with Crippen molar-refractivity contribution in [2.24, 2.45) is 5.16 Å². The number of benzene rings is 3. The van der Waals surface area contributed by atoms with Gasteiger partial charge in [-0.15, -0.1) is 11.8 Å². The zero-order chi connectivity index (χ0) is 53.3. The van der Waals surface area contributed by atoms with Gasteiger partial charge in [-0.3, -0.25) is 25.1 Å². The number of carbonyl (C=O) groups is 6. The Morgan fingerprint density at radius 2 is 1.45 bits per heavy atom. The van der Waals surface area contributed by atoms with E-state index in [9.17, 15) is 28.8 Å². The average molecular weight is 1070 g/mol. The van der Waals surface area contributed by atoms with Crippen LogP contribution in [0.2, 0.25) is 4.34 Å². The number of thiazole rings is 1. The maximum absolute atomic E-state index is 14.5. The number of hydrogen-bond donors (Lipinski definition) is 3. The van der Waals surface area contributed by atoms with E-state index in [-0.39, 0.29) is 39.8 Å². The summed E-state index contributed by atoms with van der Waals surface area (Å²) in [5.74, 6) is -2.39. The van der Waals surface area contributed by atoms with E-state index in [4.69, 9.17) is 40.1 Å². The van der Waals surface area contributed by atoms with Crippen molar-refractivity contribution >= 4 is 87.2 Å². The SMILES string of the molecule is COc1ccc(COC(=O)C2=C(C[n+]3ccc(NC(=O)OC(C)(C)C)cc3)CSC3C(NC(=O)C(=NO[C@@H](C)C(=O)OC(c4ccccc4)c4ccccc4)c4nc(NC(=O)OC(C)(C)C)sc4Cl)C(=O)N23)cc1. The lowest BCUT2D eigenvalue weighted by molar-refractivity contribution is -0.688. The molecule has 0 bridgehead atoms. The van der Waals surface area contributed by atoms with Crippen molar-refractivity contribution in [1.82, 2.24) is 15.2 Å². The van der Waals surface area contributed by atoms with E-state index >= 15 is 0 Å². The van der Waals surface area contributed by atoms with Gasteiger partial charge in [0, 0.05) is 23.5 Å². The Balaban J connectivity index is 1.14. The van der Waals surface area contributed by atoms with Gasteiger partial charge in [0.1, 0.15) is 50.7 Å². The lowest BCUT2D eigenvalue weighted by atomic mass is 10.0. The lowest BCUT2D eigenvalue weighted by Gasteiger charge is -2.49. The van der Waals surface area contributed by atoms with Crippen LogP contribution in [0, 0.1) is 0 Å². The van der Waals surface area contributed by atoms with E-state index in [1.54, 1.807) is 94.9 Å². The molecule has 2 aromatic heterocycles. The van der Waals surface area contributed by atoms with E-state index in [0.29, 0.717) is 33.7 Å². The van der Waals surface area contributed by atoms with Gasteiger partial charge in [-0.1, -0.05) is 101 Å². The molecule has 74 heavy (non-hydrogen) atoms. The summed E-state index contributed by atoms with van der Waals surface area (Å²) >= 11 is 8.76. The molecular weight excluding hydrogens is 1010 g/mol. The third kappa shape index (κ3) is 14.2. The second-order valence-corrected chi connectivity index (χ2v) is 21.4. The molecule has 19 nitrogen and oxygen atoms in total. The number of oxime groups is 1. The molecule has 388 valence electrons. The van der Waals surface area contributed by atoms with Crippen molar-refractivity contribution in [3.63, 3.8) is 0 Å². The van der Waals surface area contributed by atoms with Crippen LogP contribution in [0.15, 0.2) is 126 Å². The lowest BCUT2D eigenvalue weighted by Crippen LogP contribution is -2.71. The largest absolute Gasteiger partial charge is 0.497 e. The Labute approximate surface area is 440 Å². The number of rotatable bonds is 17. The average Bonchev–Trinajstić information content (AvgIpc) is 3.72. The van der Waals surface area contributed by atoms with Crippen molar-refractivity contribution < 1.29 is 61.9 Å². The van der Waals surface area contributed by atoms with Crippen LogP contribution in [-0.2, 0) is 56.1 Å². The van der Waals surface area contributed by atoms with Gasteiger partial charge in [-0.25, -0.2) is 28.7 Å². The molecule has 7 rings (SSSR count). The number of aromatic nitrogens is 2. The topological polar surface area (TPSA) is 226 Å². The normalized spacial score (nSPS) is 16.0. The number of anilines is 2. The molecule has 2 unspecified atom stereocenters. The third-order valence-electron chi connectivity index (χ3n) is 10.7. The van der Waals surface area contributed by atoms with Gasteiger partial charge < -0.3 is 33.8 Å². The number of fused-ring (bicyclic) bond motifs is 1. The standard InChI is InChI=1S/C52H54ClN7O12S2/c1-30(46(63)69-41(32-15-11-9-12-16-32)33-17-13-10-14-18-33)72-58-38(37-42(53)74-48(56-37)57-50(66)71-52(5,6)7)43(61)55-39-44(62)60-40(47(64)68-28-31-19-21-36(67-8)22-20-31)34(29-73-45(39)60)27-59-25-23-35(24-26-59)54-49(65)70-51(2,3)4/h9-26,30,39,41,45H,27-29H2,1-8H3,(H2,55,56,57,61,66)/p+1/t30-,39?,45?/m0/s1. The monoisotopic (exact) mass is 1070 g/mol. The van der Waals surface area contributed by atoms with Crippen LogP contribution in [0.25, 0.3) is 0 Å². The molecule has 2 aliphatic rings. The van der Waals surface area contributed by atoms with Gasteiger partial charge in [0.25, 0.3) is 11.8 Å². The van der Waals surface area contributed by atoms with Gasteiger partial charge in [-0.05, 0) is 77.3 Å². The second kappa shape index (κ2) is 23.6. The molecule has 3 N–H and O–H groups in total. The van der Waals surface area contributed by atoms with Gasteiger partial charge in [0.15, 0.2) is 35.9 Å². The number of ether oxygens (including phenoxy) is 5. The summed E-state index contributed by atoms with van der Waals surface area (Å²) in [6, 6.07) is 27.2. The van der Waals surface area contributed by atoms with Crippen LogP contribution < -0.4 is 25.3 Å². The van der Waals surface area contributed by atoms with E-state index < -0.39 is 76.5 Å². The van der Waals surface area contributed by atoms with Gasteiger partial charge >= 0.3 is 24.1 Å². The van der Waals surface area contributed by atoms with Crippen molar-refractivity contribution in [2.75, 3.05) is 23.5 Å². The summed E-state index contributed by atoms with van der Waals surface area (Å²) in [6.45, 7) is 11.7. The smallest absolute Gasteiger partial charge is 0.413 e. The zero-order valence-electron chi connectivity index (χ0n) is 41.7. The summed E-state index contributed by atoms with van der Waals surface area (Å²) in [4.78, 5) is 93.1. The molecule has 22 heteroatoms. The molecular formula is C52H55ClN7O12S2+. The Morgan fingerprint density at radius 3 is 2.03 bits per heavy atom. The highest BCUT2D eigenvalue weighted by molar-refractivity contribution is 8.00. The first kappa shape index (κ1) is 54.3. The van der Waals surface area contributed by atoms with Gasteiger partial charge in [0.05, 0.1) is 12.8 Å². The van der Waals surface area contributed by atoms with Crippen molar-refractivity contribution in [3.05, 3.63) is 147 Å². The number of nitrogens with zero attached hydrogens (tertiary/aromatic N) is 4. The fraction of sp³-hybridized carbons (Fsp3) is 0.327. The van der Waals surface area contributed by atoms with E-state index in [0.717, 1.165) is 11.3 Å². The number of thioether (sulfide) groups is 1. The number of amides is 4. The second-order valence-electron chi connectivity index (χ2n) is 18.7. The van der Waals surface area contributed by atoms with Crippen LogP contribution in [0.3, 0.4) is 0 Å². The number of pyridine rings is 1. The summed E-state index contributed by atoms with van der Waals surface area (Å²) < 4.78 is 29.4. The third-order valence-corrected chi connectivity index (χ3v) is 13.2. The molecule has 1 fully saturated rings. The minimum absolute atomic E-state index is 0.00417. The molecule has 5 aromatic rings. The summed E-state index contributed by atoms with van der Waals surface area (Å²) in [7, 11) is 1.54. The molecule has 2 aliphatic heterocycles. The van der Waals surface area contributed by atoms with Crippen LogP contribution in [-0.4, -0.2) is 93.1 Å². The number of β-lactam (4-membered cyclic amide) rings is 1. The van der Waals surface area contributed by atoms with Gasteiger partial charge in [0.2, 0.25) is 6.10 Å². The van der Waals surface area contributed by atoms with E-state index in [1.807, 2.05) is 60.7 Å². The van der Waals surface area contributed by atoms with Crippen molar-refractivity contribution in [1.29, 1.82) is 0 Å². The van der Waals surface area contributed by atoms with Crippen molar-refractivity contribution in [2.45, 2.75) is 96.4 Å². The quantitative estimate of drug-likeness (QED) is 0.0199. The fourth-order valence-corrected chi connectivity index (χ4v) is 9.65. The summed E-state index contributed by atoms with van der Waals surface area (Å²) in [6.07, 6.45) is -0.288. The molecule has 0 saturated carbocycles. The molecule has 4 heterocycles. The molecule has 3 atom stereocenters. The number of methoxy groups -OCH3 is 1. The van der Waals surface area contributed by atoms with Crippen LogP contribution in [0.1, 0.15) is 77.0 Å². The number of hydrogen-bond acceptors (Lipinski definition) is 16. The fourth-order valence-electron chi connectivity index (χ4n) is 7.28. The maximum atomic E-state index is 14.5. The Hall–Kier alpha value is -7.49. The number of esters is 2. The number of halogens is 1. The van der Waals surface area contributed by atoms with Gasteiger partial charge in [-0.2, -0.15) is 0 Å². The molecule has 0 aliphatic carbocycles.